The Hall–Kier alpha value is -3.51. The molecular weight excluding hydrogens is 700 g/mol. The molecule has 0 radical (unpaired) electrons. The summed E-state index contributed by atoms with van der Waals surface area (Å²) >= 11 is 0. The van der Waals surface area contributed by atoms with Crippen LogP contribution >= 0.6 is 0 Å². The lowest BCUT2D eigenvalue weighted by atomic mass is 9.70. The lowest BCUT2D eigenvalue weighted by molar-refractivity contribution is -0.153. The van der Waals surface area contributed by atoms with Crippen LogP contribution < -0.4 is 21.3 Å². The van der Waals surface area contributed by atoms with Crippen molar-refractivity contribution >= 4 is 41.4 Å². The summed E-state index contributed by atoms with van der Waals surface area (Å²) in [6.07, 6.45) is 8.90. The third-order valence-electron chi connectivity index (χ3n) is 13.5. The molecule has 0 aromatic heterocycles. The molecule has 6 atom stereocenters. The van der Waals surface area contributed by atoms with E-state index in [0.717, 1.165) is 44.9 Å². The van der Waals surface area contributed by atoms with E-state index in [-0.39, 0.29) is 60.4 Å². The number of piperidine rings is 1. The lowest BCUT2D eigenvalue weighted by Crippen LogP contribution is -2.63. The first-order chi connectivity index (χ1) is 25.6. The van der Waals surface area contributed by atoms with E-state index >= 15 is 4.79 Å². The van der Waals surface area contributed by atoms with E-state index in [1.165, 1.54) is 4.90 Å². The van der Waals surface area contributed by atoms with E-state index in [0.29, 0.717) is 32.2 Å². The highest BCUT2D eigenvalue weighted by atomic mass is 16.2. The molecule has 3 saturated carbocycles. The van der Waals surface area contributed by atoms with Crippen molar-refractivity contribution < 1.29 is 33.6 Å². The fourth-order valence-corrected chi connectivity index (χ4v) is 9.65. The molecule has 13 heteroatoms. The average Bonchev–Trinajstić information content (AvgIpc) is 3.72. The van der Waals surface area contributed by atoms with Gasteiger partial charge in [0.25, 0.3) is 5.91 Å². The standard InChI is InChI=1S/C42H68N6O7/c1-10-14-28(33(51)36(53)43-25-15-16-25)44-35(52)32-26-17-20-41(7,8)27(26)23-48(32)37(54)34(42(9)18-12-11-13-19-42)46-38(55)45-29(39(2,3)4)24-47-30(49)21-40(5,6)22-31(47)50/h25-29,32,34H,10-24H2,1-9H3,(H,43,53)(H,44,52)(H2,45,46,55)/t26-,27-,28?,29+,32-,34+/m0/s1. The number of ketones is 1. The zero-order valence-electron chi connectivity index (χ0n) is 34.9. The second-order valence-corrected chi connectivity index (χ2v) is 20.3. The molecule has 2 saturated heterocycles. The van der Waals surface area contributed by atoms with Crippen molar-refractivity contribution in [1.82, 2.24) is 31.1 Å². The zero-order chi connectivity index (χ0) is 40.7. The molecule has 5 aliphatic rings. The van der Waals surface area contributed by atoms with Gasteiger partial charge in [-0.1, -0.05) is 88.0 Å². The van der Waals surface area contributed by atoms with Gasteiger partial charge in [-0.05, 0) is 78.4 Å². The number of imide groups is 1. The quantitative estimate of drug-likeness (QED) is 0.156. The monoisotopic (exact) mass is 769 g/mol. The van der Waals surface area contributed by atoms with Crippen LogP contribution in [0.25, 0.3) is 0 Å². The smallest absolute Gasteiger partial charge is 0.315 e. The third-order valence-corrected chi connectivity index (χ3v) is 13.5. The number of urea groups is 1. The number of fused-ring (bicyclic) bond motifs is 1. The van der Waals surface area contributed by atoms with Crippen LogP contribution in [0.2, 0.25) is 0 Å². The largest absolute Gasteiger partial charge is 0.347 e. The van der Waals surface area contributed by atoms with Crippen LogP contribution in [0.1, 0.15) is 146 Å². The summed E-state index contributed by atoms with van der Waals surface area (Å²) in [5, 5.41) is 11.8. The topological polar surface area (TPSA) is 174 Å². The summed E-state index contributed by atoms with van der Waals surface area (Å²) < 4.78 is 0. The maximum absolute atomic E-state index is 15.1. The molecule has 0 bridgehead atoms. The molecule has 0 aromatic rings. The number of hydrogen-bond acceptors (Lipinski definition) is 7. The minimum Gasteiger partial charge on any atom is -0.347 e. The van der Waals surface area contributed by atoms with Crippen molar-refractivity contribution in [3.05, 3.63) is 0 Å². The van der Waals surface area contributed by atoms with Gasteiger partial charge in [0.15, 0.2) is 0 Å². The molecule has 0 spiro atoms. The Morgan fingerprint density at radius 3 is 2.02 bits per heavy atom. The van der Waals surface area contributed by atoms with Gasteiger partial charge in [-0.25, -0.2) is 4.79 Å². The highest BCUT2D eigenvalue weighted by Crippen LogP contribution is 2.53. The van der Waals surface area contributed by atoms with E-state index < -0.39 is 64.0 Å². The molecule has 2 aliphatic heterocycles. The molecule has 5 rings (SSSR count). The Bertz CT molecular complexity index is 1500. The predicted molar refractivity (Wildman–Crippen MR) is 208 cm³/mol. The molecule has 2 heterocycles. The van der Waals surface area contributed by atoms with Gasteiger partial charge in [0.2, 0.25) is 29.4 Å². The second kappa shape index (κ2) is 16.2. The van der Waals surface area contributed by atoms with Gasteiger partial charge in [0.05, 0.1) is 12.1 Å². The Labute approximate surface area is 328 Å². The highest BCUT2D eigenvalue weighted by Gasteiger charge is 2.58. The molecule has 4 N–H and O–H groups in total. The summed E-state index contributed by atoms with van der Waals surface area (Å²) in [6, 6.07) is -3.99. The number of nitrogens with one attached hydrogen (secondary N) is 4. The number of carbonyl (C=O) groups excluding carboxylic acids is 7. The van der Waals surface area contributed by atoms with Crippen molar-refractivity contribution in [2.45, 2.75) is 176 Å². The van der Waals surface area contributed by atoms with Gasteiger partial charge in [0.1, 0.15) is 12.1 Å². The SMILES string of the molecule is CCCC(NC(=O)[C@@H]1[C@H]2CCC(C)(C)[C@H]2CN1C(=O)[C@@H](NC(=O)N[C@H](CN1C(=O)CC(C)(C)CC1=O)C(C)(C)C)C1(C)CCCCC1)C(=O)C(=O)NC1CC1. The Balaban J connectivity index is 1.40. The fraction of sp³-hybridized carbons (Fsp3) is 0.833. The molecule has 3 aliphatic carbocycles. The van der Waals surface area contributed by atoms with Crippen LogP contribution in [0.4, 0.5) is 4.79 Å². The summed E-state index contributed by atoms with van der Waals surface area (Å²) in [7, 11) is 0. The number of rotatable bonds is 13. The Kier molecular flexibility index (Phi) is 12.5. The summed E-state index contributed by atoms with van der Waals surface area (Å²) in [6.45, 7) is 18.2. The first-order valence-corrected chi connectivity index (χ1v) is 20.9. The lowest BCUT2D eigenvalue weighted by Gasteiger charge is -2.43. The van der Waals surface area contributed by atoms with Gasteiger partial charge in [-0.15, -0.1) is 0 Å². The van der Waals surface area contributed by atoms with E-state index in [2.05, 4.69) is 35.1 Å². The molecule has 1 unspecified atom stereocenters. The minimum absolute atomic E-state index is 0.00229. The maximum Gasteiger partial charge on any atom is 0.315 e. The van der Waals surface area contributed by atoms with Crippen LogP contribution in [0, 0.1) is 33.5 Å². The fourth-order valence-electron chi connectivity index (χ4n) is 9.65. The number of nitrogens with zero attached hydrogens (tertiary/aromatic N) is 2. The molecule has 13 nitrogen and oxygen atoms in total. The van der Waals surface area contributed by atoms with Crippen molar-refractivity contribution in [3.8, 4) is 0 Å². The van der Waals surface area contributed by atoms with Crippen LogP contribution in [-0.2, 0) is 28.8 Å². The normalized spacial score (nSPS) is 27.4. The second-order valence-electron chi connectivity index (χ2n) is 20.3. The van der Waals surface area contributed by atoms with E-state index in [1.807, 2.05) is 48.5 Å². The minimum atomic E-state index is -1.00. The first-order valence-electron chi connectivity index (χ1n) is 20.9. The Morgan fingerprint density at radius 1 is 0.836 bits per heavy atom. The molecule has 5 fully saturated rings. The number of carbonyl (C=O) groups is 7. The molecule has 7 amide bonds. The summed E-state index contributed by atoms with van der Waals surface area (Å²) in [5.74, 6) is -2.75. The van der Waals surface area contributed by atoms with E-state index in [4.69, 9.17) is 0 Å². The highest BCUT2D eigenvalue weighted by molar-refractivity contribution is 6.38. The van der Waals surface area contributed by atoms with Crippen molar-refractivity contribution in [2.24, 2.45) is 33.5 Å². The molecule has 55 heavy (non-hydrogen) atoms. The number of hydrogen-bond donors (Lipinski definition) is 4. The maximum atomic E-state index is 15.1. The van der Waals surface area contributed by atoms with Crippen molar-refractivity contribution in [1.29, 1.82) is 0 Å². The molecule has 308 valence electrons. The Morgan fingerprint density at radius 2 is 1.45 bits per heavy atom. The van der Waals surface area contributed by atoms with Gasteiger partial charge in [0, 0.05) is 32.0 Å². The van der Waals surface area contributed by atoms with E-state index in [1.54, 1.807) is 4.90 Å². The van der Waals surface area contributed by atoms with Crippen molar-refractivity contribution in [2.75, 3.05) is 13.1 Å². The number of Topliss-reactive ketones (excluding diaryl/α,β-unsaturated/α-hetero) is 1. The number of likely N-dealkylation sites (tertiary alicyclic amines) is 2. The number of amides is 7. The van der Waals surface area contributed by atoms with Crippen LogP contribution in [0.15, 0.2) is 0 Å². The van der Waals surface area contributed by atoms with Crippen LogP contribution in [0.3, 0.4) is 0 Å². The zero-order valence-corrected chi connectivity index (χ0v) is 34.9. The van der Waals surface area contributed by atoms with Gasteiger partial charge >= 0.3 is 6.03 Å². The third kappa shape index (κ3) is 9.72. The van der Waals surface area contributed by atoms with E-state index in [9.17, 15) is 28.8 Å². The van der Waals surface area contributed by atoms with Gasteiger partial charge in [-0.2, -0.15) is 0 Å². The summed E-state index contributed by atoms with van der Waals surface area (Å²) in [4.78, 5) is 99.0. The van der Waals surface area contributed by atoms with Crippen LogP contribution in [-0.4, -0.2) is 94.4 Å². The average molecular weight is 769 g/mol. The van der Waals surface area contributed by atoms with Crippen LogP contribution in [0.5, 0.6) is 0 Å². The van der Waals surface area contributed by atoms with Crippen molar-refractivity contribution in [3.63, 3.8) is 0 Å². The predicted octanol–water partition coefficient (Wildman–Crippen LogP) is 4.61. The summed E-state index contributed by atoms with van der Waals surface area (Å²) in [5.41, 5.74) is -1.69. The molecular formula is C42H68N6O7. The molecule has 0 aromatic carbocycles. The van der Waals surface area contributed by atoms with Gasteiger partial charge < -0.3 is 26.2 Å². The van der Waals surface area contributed by atoms with Gasteiger partial charge in [-0.3, -0.25) is 33.7 Å². The first kappa shape index (κ1) is 42.6.